The summed E-state index contributed by atoms with van der Waals surface area (Å²) in [7, 11) is 0. The van der Waals surface area contributed by atoms with Crippen molar-refractivity contribution in [2.24, 2.45) is 0 Å². The molecule has 0 saturated carbocycles. The second-order valence-corrected chi connectivity index (χ2v) is 9.08. The predicted molar refractivity (Wildman–Crippen MR) is 120 cm³/mol. The second-order valence-electron chi connectivity index (χ2n) is 7.76. The quantitative estimate of drug-likeness (QED) is 0.616. The van der Waals surface area contributed by atoms with Crippen LogP contribution in [0.25, 0.3) is 11.1 Å². The summed E-state index contributed by atoms with van der Waals surface area (Å²) in [6.45, 7) is 6.44. The minimum atomic E-state index is 0.0471. The van der Waals surface area contributed by atoms with Gasteiger partial charge in [-0.15, -0.1) is 0 Å². The fourth-order valence-corrected chi connectivity index (χ4v) is 5.07. The van der Waals surface area contributed by atoms with Crippen molar-refractivity contribution in [3.05, 3.63) is 72.2 Å². The molecule has 150 valence electrons. The van der Waals surface area contributed by atoms with Gasteiger partial charge in [-0.2, -0.15) is 0 Å². The van der Waals surface area contributed by atoms with Crippen molar-refractivity contribution in [1.82, 2.24) is 9.97 Å². The molecule has 1 N–H and O–H groups in total. The lowest BCUT2D eigenvalue weighted by Crippen LogP contribution is -2.21. The number of hydrogen-bond donors (Lipinski definition) is 1. The van der Waals surface area contributed by atoms with Gasteiger partial charge in [0.2, 0.25) is 0 Å². The minimum absolute atomic E-state index is 0.0471. The van der Waals surface area contributed by atoms with Crippen LogP contribution in [-0.2, 0) is 6.61 Å². The average Bonchev–Trinajstić information content (AvgIpc) is 3.22. The van der Waals surface area contributed by atoms with Crippen LogP contribution in [-0.4, -0.2) is 33.4 Å². The van der Waals surface area contributed by atoms with Crippen molar-refractivity contribution in [1.29, 1.82) is 0 Å². The smallest absolute Gasteiger partial charge is 0.115 e. The number of thioether (sulfide) groups is 1. The van der Waals surface area contributed by atoms with E-state index in [4.69, 9.17) is 0 Å². The molecule has 0 aliphatic carbocycles. The van der Waals surface area contributed by atoms with Gasteiger partial charge < -0.3 is 10.0 Å². The summed E-state index contributed by atoms with van der Waals surface area (Å²) in [4.78, 5) is 10.9. The third-order valence-electron chi connectivity index (χ3n) is 5.46. The van der Waals surface area contributed by atoms with E-state index in [1.54, 1.807) is 24.2 Å². The summed E-state index contributed by atoms with van der Waals surface area (Å²) >= 11 is 1.79. The Morgan fingerprint density at radius 3 is 2.79 bits per heavy atom. The van der Waals surface area contributed by atoms with Crippen molar-refractivity contribution in [3.8, 4) is 11.1 Å². The minimum Gasteiger partial charge on any atom is -0.392 e. The number of hydrogen-bond acceptors (Lipinski definition) is 5. The van der Waals surface area contributed by atoms with Gasteiger partial charge in [0.1, 0.15) is 5.03 Å². The molecule has 1 aliphatic rings. The summed E-state index contributed by atoms with van der Waals surface area (Å²) in [6, 6.07) is 15.1. The summed E-state index contributed by atoms with van der Waals surface area (Å²) in [6.07, 6.45) is 6.38. The first-order valence-electron chi connectivity index (χ1n) is 10.2. The number of aliphatic hydroxyl groups excluding tert-OH is 1. The molecule has 0 unspecified atom stereocenters. The first kappa shape index (κ1) is 19.9. The number of anilines is 1. The van der Waals surface area contributed by atoms with Gasteiger partial charge in [0.15, 0.2) is 0 Å². The normalized spacial score (nSPS) is 16.6. The molecule has 1 atom stereocenters. The zero-order valence-corrected chi connectivity index (χ0v) is 17.8. The molecule has 0 amide bonds. The van der Waals surface area contributed by atoms with E-state index < -0.39 is 0 Å². The maximum absolute atomic E-state index is 10.1. The van der Waals surface area contributed by atoms with Crippen LogP contribution >= 0.6 is 11.8 Å². The largest absolute Gasteiger partial charge is 0.392 e. The first-order valence-corrected chi connectivity index (χ1v) is 11.0. The maximum Gasteiger partial charge on any atom is 0.115 e. The molecule has 2 heterocycles. The Balaban J connectivity index is 1.55. The van der Waals surface area contributed by atoms with Crippen LogP contribution in [0.1, 0.15) is 37.3 Å². The molecule has 0 radical (unpaired) electrons. The van der Waals surface area contributed by atoms with Crippen LogP contribution in [0.4, 0.5) is 5.69 Å². The summed E-state index contributed by atoms with van der Waals surface area (Å²) in [5.41, 5.74) is 5.89. The Labute approximate surface area is 177 Å². The van der Waals surface area contributed by atoms with Crippen molar-refractivity contribution < 1.29 is 5.11 Å². The van der Waals surface area contributed by atoms with Crippen molar-refractivity contribution >= 4 is 17.4 Å². The molecule has 4 nitrogen and oxygen atoms in total. The monoisotopic (exact) mass is 405 g/mol. The van der Waals surface area contributed by atoms with Crippen LogP contribution in [0.5, 0.6) is 0 Å². The molecular formula is C24H27N3OS. The van der Waals surface area contributed by atoms with E-state index >= 15 is 0 Å². The molecule has 0 bridgehead atoms. The SMILES string of the molecule is CC(C)c1ccccc1-c1ccc(N2CC[C@H](Sc3cnccn3)C2)c(CO)c1. The molecule has 1 aliphatic heterocycles. The van der Waals surface area contributed by atoms with E-state index in [9.17, 15) is 5.11 Å². The number of benzene rings is 2. The van der Waals surface area contributed by atoms with Gasteiger partial charge in [-0.3, -0.25) is 4.98 Å². The van der Waals surface area contributed by atoms with Crippen LogP contribution in [0.3, 0.4) is 0 Å². The van der Waals surface area contributed by atoms with E-state index in [2.05, 4.69) is 71.2 Å². The predicted octanol–water partition coefficient (Wildman–Crippen LogP) is 5.13. The molecule has 1 saturated heterocycles. The summed E-state index contributed by atoms with van der Waals surface area (Å²) < 4.78 is 0. The molecule has 29 heavy (non-hydrogen) atoms. The van der Waals surface area contributed by atoms with Crippen LogP contribution < -0.4 is 4.90 Å². The van der Waals surface area contributed by atoms with Gasteiger partial charge in [0.05, 0.1) is 12.8 Å². The third-order valence-corrected chi connectivity index (χ3v) is 6.63. The summed E-state index contributed by atoms with van der Waals surface area (Å²) in [5, 5.41) is 11.5. The molecule has 3 aromatic rings. The molecule has 0 spiro atoms. The van der Waals surface area contributed by atoms with Gasteiger partial charge in [-0.25, -0.2) is 4.98 Å². The fraction of sp³-hybridized carbons (Fsp3) is 0.333. The molecule has 1 fully saturated rings. The molecule has 5 heteroatoms. The van der Waals surface area contributed by atoms with Crippen LogP contribution in [0.15, 0.2) is 66.1 Å². The third kappa shape index (κ3) is 4.46. The highest BCUT2D eigenvalue weighted by Crippen LogP contribution is 2.36. The van der Waals surface area contributed by atoms with E-state index in [0.29, 0.717) is 11.2 Å². The van der Waals surface area contributed by atoms with E-state index in [1.165, 1.54) is 16.7 Å². The lowest BCUT2D eigenvalue weighted by atomic mass is 9.91. The topological polar surface area (TPSA) is 49.2 Å². The van der Waals surface area contributed by atoms with Crippen LogP contribution in [0, 0.1) is 0 Å². The van der Waals surface area contributed by atoms with Crippen LogP contribution in [0.2, 0.25) is 0 Å². The van der Waals surface area contributed by atoms with E-state index in [-0.39, 0.29) is 6.61 Å². The van der Waals surface area contributed by atoms with Crippen molar-refractivity contribution in [3.63, 3.8) is 0 Å². The second kappa shape index (κ2) is 8.97. The standard InChI is InChI=1S/C24H27N3OS/c1-17(2)21-5-3-4-6-22(21)18-7-8-23(19(13-18)16-28)27-12-9-20(15-27)29-24-14-25-10-11-26-24/h3-8,10-11,13-14,17,20,28H,9,12,15-16H2,1-2H3/t20-/m0/s1. The molecule has 1 aromatic heterocycles. The Morgan fingerprint density at radius 1 is 1.17 bits per heavy atom. The zero-order valence-electron chi connectivity index (χ0n) is 17.0. The first-order chi connectivity index (χ1) is 14.2. The Hall–Kier alpha value is -2.37. The Kier molecular flexibility index (Phi) is 6.16. The van der Waals surface area contributed by atoms with Gasteiger partial charge in [0, 0.05) is 42.0 Å². The van der Waals surface area contributed by atoms with Gasteiger partial charge in [0.25, 0.3) is 0 Å². The van der Waals surface area contributed by atoms with E-state index in [0.717, 1.165) is 35.8 Å². The van der Waals surface area contributed by atoms with Gasteiger partial charge in [-0.05, 0) is 41.2 Å². The highest BCUT2D eigenvalue weighted by Gasteiger charge is 2.25. The molecule has 4 rings (SSSR count). The zero-order chi connectivity index (χ0) is 20.2. The highest BCUT2D eigenvalue weighted by molar-refractivity contribution is 7.99. The Bertz CT molecular complexity index is 961. The molecular weight excluding hydrogens is 378 g/mol. The number of aliphatic hydroxyl groups is 1. The Morgan fingerprint density at radius 2 is 2.03 bits per heavy atom. The number of rotatable bonds is 6. The van der Waals surface area contributed by atoms with Gasteiger partial charge in [-0.1, -0.05) is 55.9 Å². The van der Waals surface area contributed by atoms with Crippen molar-refractivity contribution in [2.45, 2.75) is 43.1 Å². The van der Waals surface area contributed by atoms with Gasteiger partial charge >= 0.3 is 0 Å². The fourth-order valence-electron chi connectivity index (χ4n) is 4.01. The lowest BCUT2D eigenvalue weighted by molar-refractivity contribution is 0.282. The number of aromatic nitrogens is 2. The average molecular weight is 406 g/mol. The highest BCUT2D eigenvalue weighted by atomic mass is 32.2. The number of nitrogens with zero attached hydrogens (tertiary/aromatic N) is 3. The van der Waals surface area contributed by atoms with Crippen molar-refractivity contribution in [2.75, 3.05) is 18.0 Å². The van der Waals surface area contributed by atoms with E-state index in [1.807, 2.05) is 6.20 Å². The molecule has 2 aromatic carbocycles. The maximum atomic E-state index is 10.1. The lowest BCUT2D eigenvalue weighted by Gasteiger charge is -2.23. The summed E-state index contributed by atoms with van der Waals surface area (Å²) in [5.74, 6) is 0.459.